The van der Waals surface area contributed by atoms with Gasteiger partial charge in [0.2, 0.25) is 5.91 Å². The molecule has 1 heterocycles. The first-order chi connectivity index (χ1) is 12.2. The minimum Gasteiger partial charge on any atom is -0.325 e. The van der Waals surface area contributed by atoms with Gasteiger partial charge in [-0.2, -0.15) is 0 Å². The van der Waals surface area contributed by atoms with Gasteiger partial charge in [-0.25, -0.2) is 8.42 Å². The molecule has 0 fully saturated rings. The van der Waals surface area contributed by atoms with E-state index in [9.17, 15) is 23.3 Å². The van der Waals surface area contributed by atoms with Crippen molar-refractivity contribution in [2.45, 2.75) is 24.7 Å². The summed E-state index contributed by atoms with van der Waals surface area (Å²) in [6, 6.07) is 9.61. The van der Waals surface area contributed by atoms with E-state index in [0.717, 1.165) is 11.6 Å². The Labute approximate surface area is 150 Å². The largest absolute Gasteiger partial charge is 0.325 e. The van der Waals surface area contributed by atoms with Crippen LogP contribution in [0.5, 0.6) is 0 Å². The average molecular weight is 375 g/mol. The standard InChI is InChI=1S/C17H17N3O5S/c1-10(2)16-14-8-11(6-7-15(14)18-17(16)21)19-26(24,25)13-5-3-4-12(9-13)20(22)23/h3-10,16,19H,1-2H3,(H,18,21). The van der Waals surface area contributed by atoms with Gasteiger partial charge in [-0.1, -0.05) is 19.9 Å². The summed E-state index contributed by atoms with van der Waals surface area (Å²) in [5, 5.41) is 13.6. The van der Waals surface area contributed by atoms with E-state index >= 15 is 0 Å². The zero-order chi connectivity index (χ0) is 19.1. The number of nitrogens with one attached hydrogen (secondary N) is 2. The van der Waals surface area contributed by atoms with Crippen molar-refractivity contribution in [3.63, 3.8) is 0 Å². The lowest BCUT2D eigenvalue weighted by Gasteiger charge is -2.14. The Morgan fingerprint density at radius 3 is 2.58 bits per heavy atom. The summed E-state index contributed by atoms with van der Waals surface area (Å²) in [6.07, 6.45) is 0. The van der Waals surface area contributed by atoms with E-state index in [0.29, 0.717) is 5.69 Å². The summed E-state index contributed by atoms with van der Waals surface area (Å²) in [5.41, 5.74) is 1.37. The van der Waals surface area contributed by atoms with Crippen molar-refractivity contribution in [3.05, 3.63) is 58.1 Å². The highest BCUT2D eigenvalue weighted by atomic mass is 32.2. The van der Waals surface area contributed by atoms with Gasteiger partial charge in [0.25, 0.3) is 15.7 Å². The van der Waals surface area contributed by atoms with Crippen LogP contribution in [0.1, 0.15) is 25.3 Å². The van der Waals surface area contributed by atoms with E-state index in [-0.39, 0.29) is 34.0 Å². The molecule has 1 amide bonds. The highest BCUT2D eigenvalue weighted by molar-refractivity contribution is 7.92. The van der Waals surface area contributed by atoms with Gasteiger partial charge in [0.1, 0.15) is 0 Å². The Balaban J connectivity index is 1.93. The number of carbonyl (C=O) groups is 1. The molecular formula is C17H17N3O5S. The molecule has 3 rings (SSSR count). The molecule has 1 aliphatic rings. The quantitative estimate of drug-likeness (QED) is 0.615. The second kappa shape index (κ2) is 6.41. The third kappa shape index (κ3) is 3.25. The van der Waals surface area contributed by atoms with Crippen LogP contribution in [0.3, 0.4) is 0 Å². The van der Waals surface area contributed by atoms with Crippen LogP contribution in [0.15, 0.2) is 47.4 Å². The van der Waals surface area contributed by atoms with E-state index in [1.165, 1.54) is 24.3 Å². The molecule has 0 bridgehead atoms. The summed E-state index contributed by atoms with van der Waals surface area (Å²) in [7, 11) is -4.00. The van der Waals surface area contributed by atoms with Crippen LogP contribution in [0.2, 0.25) is 0 Å². The number of rotatable bonds is 5. The Hall–Kier alpha value is -2.94. The minimum absolute atomic E-state index is 0.0554. The molecule has 1 unspecified atom stereocenters. The van der Waals surface area contributed by atoms with Crippen LogP contribution in [0, 0.1) is 16.0 Å². The third-order valence-electron chi connectivity index (χ3n) is 4.18. The second-order valence-electron chi connectivity index (χ2n) is 6.37. The van der Waals surface area contributed by atoms with Gasteiger partial charge in [-0.05, 0) is 35.7 Å². The number of sulfonamides is 1. The number of anilines is 2. The van der Waals surface area contributed by atoms with E-state index in [1.54, 1.807) is 12.1 Å². The van der Waals surface area contributed by atoms with Crippen molar-refractivity contribution in [2.24, 2.45) is 5.92 Å². The first kappa shape index (κ1) is 17.9. The molecule has 0 spiro atoms. The molecule has 0 radical (unpaired) electrons. The molecule has 9 heteroatoms. The number of nitro benzene ring substituents is 1. The van der Waals surface area contributed by atoms with Gasteiger partial charge in [-0.3, -0.25) is 19.6 Å². The number of carbonyl (C=O) groups excluding carboxylic acids is 1. The van der Waals surface area contributed by atoms with Crippen LogP contribution in [0.25, 0.3) is 0 Å². The molecule has 1 aliphatic heterocycles. The number of hydrogen-bond acceptors (Lipinski definition) is 5. The van der Waals surface area contributed by atoms with Crippen molar-refractivity contribution in [1.29, 1.82) is 0 Å². The van der Waals surface area contributed by atoms with Gasteiger partial charge in [0, 0.05) is 23.5 Å². The fraction of sp³-hybridized carbons (Fsp3) is 0.235. The molecule has 136 valence electrons. The van der Waals surface area contributed by atoms with Crippen molar-refractivity contribution < 1.29 is 18.1 Å². The maximum absolute atomic E-state index is 12.5. The zero-order valence-electron chi connectivity index (χ0n) is 14.1. The number of nitrogens with zero attached hydrogens (tertiary/aromatic N) is 1. The number of fused-ring (bicyclic) bond motifs is 1. The maximum Gasteiger partial charge on any atom is 0.270 e. The molecule has 8 nitrogen and oxygen atoms in total. The number of non-ortho nitro benzene ring substituents is 1. The molecule has 2 aromatic rings. The van der Waals surface area contributed by atoms with Crippen LogP contribution in [0.4, 0.5) is 17.1 Å². The summed E-state index contributed by atoms with van der Waals surface area (Å²) in [4.78, 5) is 22.1. The number of amides is 1. The topological polar surface area (TPSA) is 118 Å². The van der Waals surface area contributed by atoms with Gasteiger partial charge in [0.05, 0.1) is 15.7 Å². The fourth-order valence-corrected chi connectivity index (χ4v) is 4.08. The van der Waals surface area contributed by atoms with Gasteiger partial charge in [-0.15, -0.1) is 0 Å². The molecule has 26 heavy (non-hydrogen) atoms. The fourth-order valence-electron chi connectivity index (χ4n) is 2.99. The Morgan fingerprint density at radius 2 is 1.92 bits per heavy atom. The predicted octanol–water partition coefficient (Wildman–Crippen LogP) is 3.09. The lowest BCUT2D eigenvalue weighted by Crippen LogP contribution is -2.17. The normalized spacial score (nSPS) is 16.3. The lowest BCUT2D eigenvalue weighted by atomic mass is 9.89. The SMILES string of the molecule is CC(C)C1C(=O)Nc2ccc(NS(=O)(=O)c3cccc([N+](=O)[O-])c3)cc21. The molecule has 0 aromatic heterocycles. The van der Waals surface area contributed by atoms with Crippen molar-refractivity contribution >= 4 is 33.0 Å². The maximum atomic E-state index is 12.5. The summed E-state index contributed by atoms with van der Waals surface area (Å²) in [6.45, 7) is 3.83. The lowest BCUT2D eigenvalue weighted by molar-refractivity contribution is -0.385. The molecule has 2 aromatic carbocycles. The first-order valence-electron chi connectivity index (χ1n) is 7.91. The van der Waals surface area contributed by atoms with Crippen molar-refractivity contribution in [3.8, 4) is 0 Å². The second-order valence-corrected chi connectivity index (χ2v) is 8.06. The number of nitro groups is 1. The van der Waals surface area contributed by atoms with E-state index in [2.05, 4.69) is 10.0 Å². The first-order valence-corrected chi connectivity index (χ1v) is 9.39. The summed E-state index contributed by atoms with van der Waals surface area (Å²) in [5.74, 6) is -0.416. The van der Waals surface area contributed by atoms with Crippen LogP contribution >= 0.6 is 0 Å². The summed E-state index contributed by atoms with van der Waals surface area (Å²) >= 11 is 0. The van der Waals surface area contributed by atoms with Gasteiger partial charge < -0.3 is 5.32 Å². The minimum atomic E-state index is -4.00. The highest BCUT2D eigenvalue weighted by Crippen LogP contribution is 2.39. The van der Waals surface area contributed by atoms with Gasteiger partial charge >= 0.3 is 0 Å². The van der Waals surface area contributed by atoms with Gasteiger partial charge in [0.15, 0.2) is 0 Å². The smallest absolute Gasteiger partial charge is 0.270 e. The molecule has 0 aliphatic carbocycles. The third-order valence-corrected chi connectivity index (χ3v) is 5.56. The van der Waals surface area contributed by atoms with Crippen LogP contribution in [-0.2, 0) is 14.8 Å². The molecular weight excluding hydrogens is 358 g/mol. The Bertz CT molecular complexity index is 1000. The molecule has 1 atom stereocenters. The average Bonchev–Trinajstić information content (AvgIpc) is 2.89. The molecule has 0 saturated heterocycles. The van der Waals surface area contributed by atoms with E-state index < -0.39 is 14.9 Å². The van der Waals surface area contributed by atoms with Crippen LogP contribution < -0.4 is 10.0 Å². The van der Waals surface area contributed by atoms with Crippen molar-refractivity contribution in [2.75, 3.05) is 10.0 Å². The molecule has 0 saturated carbocycles. The number of hydrogen-bond donors (Lipinski definition) is 2. The van der Waals surface area contributed by atoms with Crippen LogP contribution in [-0.4, -0.2) is 19.2 Å². The number of benzene rings is 2. The molecule has 2 N–H and O–H groups in total. The highest BCUT2D eigenvalue weighted by Gasteiger charge is 2.33. The van der Waals surface area contributed by atoms with E-state index in [4.69, 9.17) is 0 Å². The monoisotopic (exact) mass is 375 g/mol. The Kier molecular flexibility index (Phi) is 4.41. The predicted molar refractivity (Wildman–Crippen MR) is 96.6 cm³/mol. The summed E-state index contributed by atoms with van der Waals surface area (Å²) < 4.78 is 27.5. The van der Waals surface area contributed by atoms with Crippen molar-refractivity contribution in [1.82, 2.24) is 0 Å². The Morgan fingerprint density at radius 1 is 1.19 bits per heavy atom. The zero-order valence-corrected chi connectivity index (χ0v) is 14.9. The van der Waals surface area contributed by atoms with E-state index in [1.807, 2.05) is 13.8 Å².